The number of benzene rings is 1. The van der Waals surface area contributed by atoms with Crippen molar-refractivity contribution in [3.63, 3.8) is 0 Å². The van der Waals surface area contributed by atoms with Gasteiger partial charge in [0.1, 0.15) is 28.5 Å². The van der Waals surface area contributed by atoms with Crippen molar-refractivity contribution >= 4 is 41.4 Å². The molecule has 1 aliphatic carbocycles. The molecule has 2 unspecified atom stereocenters. The van der Waals surface area contributed by atoms with Crippen molar-refractivity contribution in [2.75, 3.05) is 24.8 Å². The number of nitrogens with one attached hydrogen (secondary N) is 2. The quantitative estimate of drug-likeness (QED) is 0.119. The van der Waals surface area contributed by atoms with E-state index in [9.17, 15) is 22.8 Å². The Balaban J connectivity index is 1.03. The third kappa shape index (κ3) is 9.77. The van der Waals surface area contributed by atoms with Crippen LogP contribution in [0.5, 0.6) is 5.75 Å². The lowest BCUT2D eigenvalue weighted by Crippen LogP contribution is -2.45. The highest BCUT2D eigenvalue weighted by Crippen LogP contribution is 2.59. The molecule has 2 N–H and O–H groups in total. The number of ether oxygens (including phenoxy) is 3. The van der Waals surface area contributed by atoms with E-state index < -0.39 is 29.3 Å². The molecule has 1 saturated heterocycles. The molecule has 2 amide bonds. The summed E-state index contributed by atoms with van der Waals surface area (Å²) in [5, 5.41) is 1.51. The fourth-order valence-corrected chi connectivity index (χ4v) is 7.00. The highest BCUT2D eigenvalue weighted by atomic mass is 35.5. The van der Waals surface area contributed by atoms with Crippen molar-refractivity contribution in [1.82, 2.24) is 20.0 Å². The largest absolute Gasteiger partial charge is 0.494 e. The number of nitrogens with zero attached hydrogens (tertiary/aromatic N) is 3. The zero-order valence-corrected chi connectivity index (χ0v) is 30.5. The van der Waals surface area contributed by atoms with E-state index in [0.717, 1.165) is 36.1 Å². The zero-order chi connectivity index (χ0) is 36.3. The van der Waals surface area contributed by atoms with Crippen LogP contribution in [0.3, 0.4) is 0 Å². The van der Waals surface area contributed by atoms with Gasteiger partial charge in [0, 0.05) is 29.8 Å². The van der Waals surface area contributed by atoms with Crippen LogP contribution in [0.15, 0.2) is 53.6 Å². The molecule has 274 valence electrons. The number of pyridine rings is 1. The average molecular weight is 740 g/mol. The molecule has 2 fully saturated rings. The topological polar surface area (TPSA) is 105 Å². The predicted octanol–water partition coefficient (Wildman–Crippen LogP) is 8.28. The van der Waals surface area contributed by atoms with E-state index in [1.165, 1.54) is 5.01 Å². The Labute approximate surface area is 300 Å². The number of anilines is 1. The second-order valence-corrected chi connectivity index (χ2v) is 15.9. The number of hydrogen-bond donors (Lipinski definition) is 2. The third-order valence-electron chi connectivity index (χ3n) is 9.00. The highest BCUT2D eigenvalue weighted by molar-refractivity contribution is 7.98. The van der Waals surface area contributed by atoms with Gasteiger partial charge in [-0.1, -0.05) is 17.7 Å². The van der Waals surface area contributed by atoms with Gasteiger partial charge >= 0.3 is 12.3 Å². The summed E-state index contributed by atoms with van der Waals surface area (Å²) < 4.78 is 59.5. The van der Waals surface area contributed by atoms with Crippen LogP contribution in [-0.4, -0.2) is 65.2 Å². The summed E-state index contributed by atoms with van der Waals surface area (Å²) in [6, 6.07) is 10.5. The van der Waals surface area contributed by atoms with Gasteiger partial charge < -0.3 is 19.1 Å². The SMILES string of the molecule is CC(C)(C)OC(=O)N1CC(CCCOc2cccc(SNC(=O)c3ccc(N4C=CC(OCCC5(C(F)(F)F)CC5)N4)nc3Cl)c2)CC1(C)C. The smallest absolute Gasteiger partial charge is 0.410 e. The molecule has 2 atom stereocenters. The van der Waals surface area contributed by atoms with Crippen molar-refractivity contribution in [3.05, 3.63) is 59.4 Å². The Hall–Kier alpha value is -3.20. The molecule has 1 aromatic heterocycles. The monoisotopic (exact) mass is 739 g/mol. The van der Waals surface area contributed by atoms with Crippen LogP contribution in [0.2, 0.25) is 5.15 Å². The predicted molar refractivity (Wildman–Crippen MR) is 186 cm³/mol. The molecule has 10 nitrogen and oxygen atoms in total. The number of halogens is 4. The molecular formula is C35H45ClF3N5O5S. The van der Waals surface area contributed by atoms with E-state index in [0.29, 0.717) is 30.6 Å². The zero-order valence-electron chi connectivity index (χ0n) is 28.9. The summed E-state index contributed by atoms with van der Waals surface area (Å²) >= 11 is 7.49. The van der Waals surface area contributed by atoms with Crippen LogP contribution in [0.1, 0.15) is 83.5 Å². The second-order valence-electron chi connectivity index (χ2n) is 14.6. The molecule has 2 aliphatic heterocycles. The van der Waals surface area contributed by atoms with Gasteiger partial charge in [-0.25, -0.2) is 9.78 Å². The molecule has 5 rings (SSSR count). The Bertz CT molecular complexity index is 1570. The summed E-state index contributed by atoms with van der Waals surface area (Å²) in [6.07, 6.45) is 1.06. The molecule has 15 heteroatoms. The average Bonchev–Trinajstić information content (AvgIpc) is 3.57. The van der Waals surface area contributed by atoms with Crippen molar-refractivity contribution in [2.45, 2.75) is 102 Å². The number of carbonyl (C=O) groups excluding carboxylic acids is 2. The lowest BCUT2D eigenvalue weighted by atomic mass is 9.93. The van der Waals surface area contributed by atoms with Crippen LogP contribution < -0.4 is 19.9 Å². The van der Waals surface area contributed by atoms with Gasteiger partial charge in [-0.15, -0.1) is 0 Å². The molecule has 3 heterocycles. The van der Waals surface area contributed by atoms with Crippen molar-refractivity contribution in [2.24, 2.45) is 11.3 Å². The summed E-state index contributed by atoms with van der Waals surface area (Å²) in [7, 11) is 0. The number of rotatable bonds is 13. The van der Waals surface area contributed by atoms with Gasteiger partial charge in [-0.05, 0) is 127 Å². The Morgan fingerprint density at radius 2 is 1.90 bits per heavy atom. The van der Waals surface area contributed by atoms with E-state index >= 15 is 0 Å². The lowest BCUT2D eigenvalue weighted by Gasteiger charge is -2.33. The molecule has 0 bridgehead atoms. The minimum Gasteiger partial charge on any atom is -0.494 e. The van der Waals surface area contributed by atoms with Gasteiger partial charge in [-0.3, -0.25) is 14.5 Å². The molecule has 3 aliphatic rings. The number of likely N-dealkylation sites (tertiary alicyclic amines) is 1. The number of carbonyl (C=O) groups is 2. The normalized spacial score (nSPS) is 21.0. The van der Waals surface area contributed by atoms with Crippen LogP contribution in [0, 0.1) is 11.3 Å². The van der Waals surface area contributed by atoms with E-state index in [2.05, 4.69) is 29.0 Å². The minimum absolute atomic E-state index is 0.0158. The molecular weight excluding hydrogens is 695 g/mol. The minimum atomic E-state index is -4.21. The van der Waals surface area contributed by atoms with Crippen molar-refractivity contribution in [1.29, 1.82) is 0 Å². The first kappa shape index (κ1) is 38.0. The molecule has 0 spiro atoms. The van der Waals surface area contributed by atoms with Gasteiger partial charge in [0.25, 0.3) is 5.91 Å². The summed E-state index contributed by atoms with van der Waals surface area (Å²) in [5.41, 5.74) is 0.754. The number of hydrazine groups is 1. The molecule has 2 aromatic rings. The van der Waals surface area contributed by atoms with Gasteiger partial charge in [0.05, 0.1) is 17.6 Å². The van der Waals surface area contributed by atoms with Crippen LogP contribution >= 0.6 is 23.5 Å². The van der Waals surface area contributed by atoms with Gasteiger partial charge in [0.15, 0.2) is 0 Å². The summed E-state index contributed by atoms with van der Waals surface area (Å²) in [4.78, 5) is 32.6. The standard InChI is InChI=1S/C35H45ClF3N5O5S/c1-32(2,3)49-31(46)43-22-23(21-33(43,4)5)8-7-18-47-24-9-6-10-25(20-24)50-42-30(45)26-11-12-27(40-29(26)36)44-17-13-28(41-44)48-19-16-34(14-15-34)35(37,38)39/h6,9-13,17,20,23,28,41H,7-8,14-16,18-19,21-22H2,1-5H3,(H,42,45). The maximum absolute atomic E-state index is 13.2. The van der Waals surface area contributed by atoms with Gasteiger partial charge in [0.2, 0.25) is 0 Å². The van der Waals surface area contributed by atoms with Gasteiger partial charge in [-0.2, -0.15) is 18.6 Å². The van der Waals surface area contributed by atoms with Crippen LogP contribution in [-0.2, 0) is 9.47 Å². The maximum atomic E-state index is 13.2. The number of amides is 2. The van der Waals surface area contributed by atoms with Crippen LogP contribution in [0.25, 0.3) is 0 Å². The Morgan fingerprint density at radius 1 is 1.14 bits per heavy atom. The maximum Gasteiger partial charge on any atom is 0.410 e. The van der Waals surface area contributed by atoms with E-state index in [1.54, 1.807) is 24.4 Å². The molecule has 50 heavy (non-hydrogen) atoms. The van der Waals surface area contributed by atoms with Crippen molar-refractivity contribution in [3.8, 4) is 5.75 Å². The number of alkyl halides is 3. The molecule has 0 radical (unpaired) electrons. The third-order valence-corrected chi connectivity index (χ3v) is 10.1. The molecule has 1 aromatic carbocycles. The first-order valence-corrected chi connectivity index (χ1v) is 17.9. The van der Waals surface area contributed by atoms with E-state index in [1.807, 2.05) is 49.9 Å². The fourth-order valence-electron chi connectivity index (χ4n) is 6.13. The van der Waals surface area contributed by atoms with E-state index in [-0.39, 0.29) is 48.2 Å². The summed E-state index contributed by atoms with van der Waals surface area (Å²) in [6.45, 7) is 10.9. The Morgan fingerprint density at radius 3 is 2.58 bits per heavy atom. The lowest BCUT2D eigenvalue weighted by molar-refractivity contribution is -0.192. The first-order valence-electron chi connectivity index (χ1n) is 16.7. The highest BCUT2D eigenvalue weighted by Gasteiger charge is 2.62. The Kier molecular flexibility index (Phi) is 11.6. The first-order chi connectivity index (χ1) is 23.4. The van der Waals surface area contributed by atoms with Crippen LogP contribution in [0.4, 0.5) is 23.8 Å². The van der Waals surface area contributed by atoms with Crippen molar-refractivity contribution < 1.29 is 37.0 Å². The molecule has 1 saturated carbocycles. The fraction of sp³-hybridized carbons (Fsp3) is 0.571. The number of hydrogen-bond acceptors (Lipinski definition) is 9. The number of aromatic nitrogens is 1. The van der Waals surface area contributed by atoms with E-state index in [4.69, 9.17) is 25.8 Å². The summed E-state index contributed by atoms with van der Waals surface area (Å²) in [5.74, 6) is 0.991. The second kappa shape index (κ2) is 15.2.